The summed E-state index contributed by atoms with van der Waals surface area (Å²) in [5, 5.41) is 10.4. The zero-order valence-electron chi connectivity index (χ0n) is 11.8. The average Bonchev–Trinajstić information content (AvgIpc) is 2.45. The Balaban J connectivity index is 2.24. The fourth-order valence-electron chi connectivity index (χ4n) is 1.75. The lowest BCUT2D eigenvalue weighted by Gasteiger charge is -2.22. The first-order valence-electron chi connectivity index (χ1n) is 6.41. The zero-order chi connectivity index (χ0) is 16.2. The molecular formula is C16H13NO4S-2. The van der Waals surface area contributed by atoms with Gasteiger partial charge in [-0.1, -0.05) is 48.0 Å². The first kappa shape index (κ1) is 15.8. The number of hydrogen-bond donors (Lipinski definition) is 0. The molecule has 0 fully saturated rings. The van der Waals surface area contributed by atoms with Crippen LogP contribution in [0.1, 0.15) is 11.1 Å². The predicted molar refractivity (Wildman–Crippen MR) is 81.9 cm³/mol. The van der Waals surface area contributed by atoms with Crippen LogP contribution in [0.3, 0.4) is 0 Å². The average molecular weight is 315 g/mol. The van der Waals surface area contributed by atoms with Crippen LogP contribution in [0.5, 0.6) is 0 Å². The molecule has 0 radical (unpaired) electrons. The maximum absolute atomic E-state index is 12.2. The highest BCUT2D eigenvalue weighted by Gasteiger charge is 2.04. The first-order chi connectivity index (χ1) is 10.4. The highest BCUT2D eigenvalue weighted by atomic mass is 32.2. The van der Waals surface area contributed by atoms with E-state index in [1.54, 1.807) is 24.3 Å². The van der Waals surface area contributed by atoms with E-state index in [1.807, 2.05) is 6.92 Å². The summed E-state index contributed by atoms with van der Waals surface area (Å²) >= 11 is 0. The van der Waals surface area contributed by atoms with E-state index < -0.39 is 16.0 Å². The second-order valence-corrected chi connectivity index (χ2v) is 6.23. The van der Waals surface area contributed by atoms with Gasteiger partial charge in [-0.15, -0.1) is 5.69 Å². The molecule has 5 nitrogen and oxygen atoms in total. The lowest BCUT2D eigenvalue weighted by atomic mass is 10.2. The van der Waals surface area contributed by atoms with E-state index in [1.165, 1.54) is 30.3 Å². The van der Waals surface area contributed by atoms with Gasteiger partial charge in [0.1, 0.15) is 10.0 Å². The molecule has 2 rings (SSSR count). The van der Waals surface area contributed by atoms with E-state index in [2.05, 4.69) is 4.72 Å². The Kier molecular flexibility index (Phi) is 4.62. The van der Waals surface area contributed by atoms with E-state index >= 15 is 0 Å². The summed E-state index contributed by atoms with van der Waals surface area (Å²) in [6.45, 7) is 1.86. The van der Waals surface area contributed by atoms with Gasteiger partial charge in [-0.2, -0.15) is 0 Å². The van der Waals surface area contributed by atoms with Crippen LogP contribution in [-0.4, -0.2) is 14.4 Å². The van der Waals surface area contributed by atoms with Crippen LogP contribution in [0.4, 0.5) is 5.69 Å². The summed E-state index contributed by atoms with van der Waals surface area (Å²) in [5.41, 5.74) is 1.69. The molecule has 0 bridgehead atoms. The van der Waals surface area contributed by atoms with Crippen molar-refractivity contribution >= 4 is 27.8 Å². The topological polar surface area (TPSA) is 88.4 Å². The molecule has 0 aliphatic carbocycles. The number of aliphatic carboxylic acids is 1. The van der Waals surface area contributed by atoms with Crippen LogP contribution in [-0.2, 0) is 14.8 Å². The van der Waals surface area contributed by atoms with Gasteiger partial charge in [0.05, 0.1) is 10.9 Å². The Hall–Kier alpha value is -2.60. The minimum absolute atomic E-state index is 0.105. The van der Waals surface area contributed by atoms with Crippen LogP contribution < -0.4 is 5.11 Å². The summed E-state index contributed by atoms with van der Waals surface area (Å²) < 4.78 is 28.2. The Morgan fingerprint density at radius 2 is 1.82 bits per heavy atom. The third-order valence-electron chi connectivity index (χ3n) is 2.83. The second-order valence-electron chi connectivity index (χ2n) is 4.63. The molecule has 2 aromatic rings. The molecule has 2 aromatic carbocycles. The summed E-state index contributed by atoms with van der Waals surface area (Å²) in [5.74, 6) is -1.32. The molecule has 22 heavy (non-hydrogen) atoms. The van der Waals surface area contributed by atoms with Gasteiger partial charge in [-0.3, -0.25) is 0 Å². The van der Waals surface area contributed by atoms with Crippen LogP contribution in [0, 0.1) is 6.92 Å². The van der Waals surface area contributed by atoms with Crippen molar-refractivity contribution in [3.05, 3.63) is 70.5 Å². The van der Waals surface area contributed by atoms with E-state index in [4.69, 9.17) is 0 Å². The predicted octanol–water partition coefficient (Wildman–Crippen LogP) is 2.15. The number of carboxylic acids is 1. The highest BCUT2D eigenvalue weighted by Crippen LogP contribution is 2.28. The fourth-order valence-corrected chi connectivity index (χ4v) is 2.73. The molecule has 0 aliphatic rings. The molecule has 0 aromatic heterocycles. The number of carbonyl (C=O) groups is 1. The van der Waals surface area contributed by atoms with Crippen molar-refractivity contribution in [2.45, 2.75) is 11.8 Å². The van der Waals surface area contributed by atoms with Gasteiger partial charge in [-0.25, -0.2) is 8.42 Å². The van der Waals surface area contributed by atoms with E-state index in [0.717, 1.165) is 11.6 Å². The number of nitrogens with zero attached hydrogens (tertiary/aromatic N) is 1. The lowest BCUT2D eigenvalue weighted by Crippen LogP contribution is -2.18. The zero-order valence-corrected chi connectivity index (χ0v) is 12.6. The Labute approximate surface area is 129 Å². The molecule has 0 aliphatic heterocycles. The largest absolute Gasteiger partial charge is 0.573 e. The molecule has 0 saturated carbocycles. The normalized spacial score (nSPS) is 11.5. The summed E-state index contributed by atoms with van der Waals surface area (Å²) in [6.07, 6.45) is 2.18. The van der Waals surface area contributed by atoms with Gasteiger partial charge < -0.3 is 14.6 Å². The standard InChI is InChI=1S/C16H14NO4S/c1-12-5-8-15(9-6-12)22(20,21)17-14-4-2-3-13(11-14)7-10-16(18)19/h2-11H,1H3,(H,18,19)/q-1/p-1. The van der Waals surface area contributed by atoms with Crippen molar-refractivity contribution in [1.82, 2.24) is 0 Å². The number of rotatable bonds is 5. The minimum atomic E-state index is -3.81. The van der Waals surface area contributed by atoms with Crippen molar-refractivity contribution in [1.29, 1.82) is 0 Å². The number of hydrogen-bond acceptors (Lipinski definition) is 4. The molecule has 0 saturated heterocycles. The molecule has 114 valence electrons. The molecule has 0 amide bonds. The van der Waals surface area contributed by atoms with Gasteiger partial charge in [0.2, 0.25) is 0 Å². The van der Waals surface area contributed by atoms with Crippen molar-refractivity contribution in [3.63, 3.8) is 0 Å². The lowest BCUT2D eigenvalue weighted by molar-refractivity contribution is -0.297. The maximum Gasteiger partial charge on any atom is 0.123 e. The van der Waals surface area contributed by atoms with E-state index in [-0.39, 0.29) is 10.6 Å². The van der Waals surface area contributed by atoms with E-state index in [0.29, 0.717) is 5.56 Å². The molecule has 6 heteroatoms. The quantitative estimate of drug-likeness (QED) is 0.791. The molecule has 0 N–H and O–H groups in total. The number of aryl methyl sites for hydroxylation is 1. The van der Waals surface area contributed by atoms with Crippen molar-refractivity contribution < 1.29 is 18.3 Å². The third-order valence-corrected chi connectivity index (χ3v) is 4.15. The van der Waals surface area contributed by atoms with Crippen LogP contribution in [0.25, 0.3) is 10.8 Å². The summed E-state index contributed by atoms with van der Waals surface area (Å²) in [4.78, 5) is 10.5. The smallest absolute Gasteiger partial charge is 0.123 e. The van der Waals surface area contributed by atoms with Crippen LogP contribution >= 0.6 is 0 Å². The van der Waals surface area contributed by atoms with Gasteiger partial charge in [-0.05, 0) is 30.7 Å². The van der Waals surface area contributed by atoms with Gasteiger partial charge in [0, 0.05) is 0 Å². The maximum atomic E-state index is 12.2. The fraction of sp³-hybridized carbons (Fsp3) is 0.0625. The highest BCUT2D eigenvalue weighted by molar-refractivity contribution is 7.94. The molecule has 0 atom stereocenters. The molecule has 0 unspecified atom stereocenters. The number of carboxylic acid groups (broad SMARTS) is 1. The second kappa shape index (κ2) is 6.44. The number of sulfonamides is 1. The molecular weight excluding hydrogens is 302 g/mol. The van der Waals surface area contributed by atoms with Gasteiger partial charge >= 0.3 is 0 Å². The van der Waals surface area contributed by atoms with Crippen LogP contribution in [0.2, 0.25) is 0 Å². The van der Waals surface area contributed by atoms with Gasteiger partial charge in [0.25, 0.3) is 0 Å². The number of carbonyl (C=O) groups excluding carboxylic acids is 1. The first-order valence-corrected chi connectivity index (χ1v) is 7.85. The van der Waals surface area contributed by atoms with Crippen molar-refractivity contribution in [2.75, 3.05) is 0 Å². The Morgan fingerprint density at radius 1 is 1.14 bits per heavy atom. The Bertz CT molecular complexity index is 808. The van der Waals surface area contributed by atoms with Crippen molar-refractivity contribution in [3.8, 4) is 0 Å². The summed E-state index contributed by atoms with van der Waals surface area (Å²) in [7, 11) is -3.81. The SMILES string of the molecule is Cc1ccc(S(=O)(=O)[N-]c2cccc(C=CC(=O)[O-])c2)cc1. The monoisotopic (exact) mass is 315 g/mol. The molecule has 0 spiro atoms. The van der Waals surface area contributed by atoms with E-state index in [9.17, 15) is 18.3 Å². The third kappa shape index (κ3) is 4.20. The number of benzene rings is 2. The minimum Gasteiger partial charge on any atom is -0.573 e. The Morgan fingerprint density at radius 3 is 2.45 bits per heavy atom. The van der Waals surface area contributed by atoms with Crippen molar-refractivity contribution in [2.24, 2.45) is 0 Å². The van der Waals surface area contributed by atoms with Gasteiger partial charge in [0.15, 0.2) is 0 Å². The molecule has 0 heterocycles. The van der Waals surface area contributed by atoms with Crippen LogP contribution in [0.15, 0.2) is 59.5 Å². The summed E-state index contributed by atoms with van der Waals surface area (Å²) in [6, 6.07) is 12.6.